The van der Waals surface area contributed by atoms with E-state index < -0.39 is 17.5 Å². The molecule has 5 aromatic rings. The van der Waals surface area contributed by atoms with Crippen LogP contribution in [0.15, 0.2) is 67.1 Å². The molecule has 0 atom stereocenters. The van der Waals surface area contributed by atoms with E-state index in [2.05, 4.69) is 31.8 Å². The second kappa shape index (κ2) is 9.93. The molecule has 1 amide bonds. The van der Waals surface area contributed by atoms with Gasteiger partial charge in [-0.15, -0.1) is 0 Å². The lowest BCUT2D eigenvalue weighted by atomic mass is 9.98. The molecule has 0 radical (unpaired) electrons. The molecule has 11 heteroatoms. The number of nitrogens with zero attached hydrogens (tertiary/aromatic N) is 5. The molecule has 0 unspecified atom stereocenters. The molecule has 196 valence electrons. The Labute approximate surface area is 222 Å². The zero-order valence-corrected chi connectivity index (χ0v) is 21.3. The van der Waals surface area contributed by atoms with Gasteiger partial charge in [0, 0.05) is 41.3 Å². The van der Waals surface area contributed by atoms with Crippen LogP contribution in [-0.2, 0) is 11.8 Å². The fraction of sp³-hybridized carbons (Fsp3) is 0.107. The Morgan fingerprint density at radius 1 is 1.08 bits per heavy atom. The highest BCUT2D eigenvalue weighted by Gasteiger charge is 2.25. The number of benzene rings is 2. The highest BCUT2D eigenvalue weighted by molar-refractivity contribution is 6.08. The molecular weight excluding hydrogens is 504 g/mol. The molecule has 0 bridgehead atoms. The molecular formula is C28H23F2N7O2. The average Bonchev–Trinajstić information content (AvgIpc) is 3.18. The molecule has 0 spiro atoms. The number of carbonyl (C=O) groups excluding carboxylic acids is 1. The third-order valence-corrected chi connectivity index (χ3v) is 6.06. The third kappa shape index (κ3) is 4.77. The van der Waals surface area contributed by atoms with E-state index >= 15 is 8.78 Å². The van der Waals surface area contributed by atoms with Crippen LogP contribution in [0.3, 0.4) is 0 Å². The van der Waals surface area contributed by atoms with E-state index in [4.69, 9.17) is 10.5 Å². The first-order valence-electron chi connectivity index (χ1n) is 11.8. The number of amides is 1. The lowest BCUT2D eigenvalue weighted by Gasteiger charge is -2.13. The van der Waals surface area contributed by atoms with Gasteiger partial charge in [-0.1, -0.05) is 12.6 Å². The van der Waals surface area contributed by atoms with Crippen molar-refractivity contribution in [3.8, 4) is 34.1 Å². The van der Waals surface area contributed by atoms with Crippen molar-refractivity contribution in [2.45, 2.75) is 13.8 Å². The number of hydrogen-bond donors (Lipinski definition) is 2. The fourth-order valence-electron chi connectivity index (χ4n) is 4.21. The summed E-state index contributed by atoms with van der Waals surface area (Å²) in [6, 6.07) is 10.3. The van der Waals surface area contributed by atoms with Crippen LogP contribution in [0.5, 0.6) is 11.8 Å². The van der Waals surface area contributed by atoms with Crippen molar-refractivity contribution < 1.29 is 18.3 Å². The smallest absolute Gasteiger partial charge is 0.322 e. The van der Waals surface area contributed by atoms with E-state index in [0.29, 0.717) is 33.5 Å². The molecule has 0 aliphatic rings. The Hall–Kier alpha value is -5.19. The Morgan fingerprint density at radius 3 is 2.56 bits per heavy atom. The summed E-state index contributed by atoms with van der Waals surface area (Å²) in [7, 11) is 1.70. The summed E-state index contributed by atoms with van der Waals surface area (Å²) in [6.45, 7) is 6.91. The van der Waals surface area contributed by atoms with Crippen LogP contribution in [-0.4, -0.2) is 30.4 Å². The number of fused-ring (bicyclic) bond motifs is 1. The highest BCUT2D eigenvalue weighted by atomic mass is 19.1. The maximum Gasteiger partial charge on any atom is 0.322 e. The minimum Gasteiger partial charge on any atom is -0.421 e. The first-order valence-corrected chi connectivity index (χ1v) is 11.8. The number of nitrogens with two attached hydrogens (primary N) is 1. The van der Waals surface area contributed by atoms with Crippen molar-refractivity contribution in [1.29, 1.82) is 0 Å². The van der Waals surface area contributed by atoms with Gasteiger partial charge in [-0.05, 0) is 55.8 Å². The predicted octanol–water partition coefficient (Wildman–Crippen LogP) is 5.57. The van der Waals surface area contributed by atoms with Crippen molar-refractivity contribution in [3.05, 3.63) is 84.5 Å². The van der Waals surface area contributed by atoms with Gasteiger partial charge in [0.05, 0.1) is 11.1 Å². The topological polar surface area (TPSA) is 121 Å². The van der Waals surface area contributed by atoms with Crippen molar-refractivity contribution in [1.82, 2.24) is 24.5 Å². The minimum atomic E-state index is -0.686. The van der Waals surface area contributed by atoms with Crippen LogP contribution in [0.2, 0.25) is 0 Å². The molecule has 9 nitrogen and oxygen atoms in total. The molecule has 2 aromatic carbocycles. The van der Waals surface area contributed by atoms with Gasteiger partial charge >= 0.3 is 6.01 Å². The maximum absolute atomic E-state index is 15.5. The zero-order chi connectivity index (χ0) is 27.8. The summed E-state index contributed by atoms with van der Waals surface area (Å²) in [4.78, 5) is 28.6. The van der Waals surface area contributed by atoms with Crippen molar-refractivity contribution in [2.24, 2.45) is 7.05 Å². The maximum atomic E-state index is 15.5. The molecule has 0 saturated carbocycles. The van der Waals surface area contributed by atoms with Crippen LogP contribution < -0.4 is 15.8 Å². The van der Waals surface area contributed by atoms with Gasteiger partial charge in [0.2, 0.25) is 0 Å². The molecule has 0 saturated heterocycles. The van der Waals surface area contributed by atoms with Crippen LogP contribution in [0.1, 0.15) is 12.6 Å². The molecule has 3 aromatic heterocycles. The van der Waals surface area contributed by atoms with Gasteiger partial charge in [-0.25, -0.2) is 28.7 Å². The van der Waals surface area contributed by atoms with Gasteiger partial charge in [0.15, 0.2) is 11.6 Å². The highest BCUT2D eigenvalue weighted by Crippen LogP contribution is 2.43. The Bertz CT molecular complexity index is 1780. The number of hydrogen-bond acceptors (Lipinski definition) is 7. The van der Waals surface area contributed by atoms with Gasteiger partial charge in [0.1, 0.15) is 23.6 Å². The summed E-state index contributed by atoms with van der Waals surface area (Å²) in [5.74, 6) is -1.67. The van der Waals surface area contributed by atoms with Crippen molar-refractivity contribution >= 4 is 28.4 Å². The fourth-order valence-corrected chi connectivity index (χ4v) is 4.21. The van der Waals surface area contributed by atoms with E-state index in [1.807, 2.05) is 0 Å². The minimum absolute atomic E-state index is 0.00560. The Morgan fingerprint density at radius 2 is 1.87 bits per heavy atom. The summed E-state index contributed by atoms with van der Waals surface area (Å²) in [6.07, 6.45) is 2.82. The third-order valence-electron chi connectivity index (χ3n) is 6.06. The average molecular weight is 528 g/mol. The second-order valence-electron chi connectivity index (χ2n) is 8.90. The Balaban J connectivity index is 1.65. The summed E-state index contributed by atoms with van der Waals surface area (Å²) < 4.78 is 38.1. The monoisotopic (exact) mass is 527 g/mol. The van der Waals surface area contributed by atoms with E-state index in [1.54, 1.807) is 43.7 Å². The summed E-state index contributed by atoms with van der Waals surface area (Å²) >= 11 is 0. The normalized spacial score (nSPS) is 11.0. The number of nitrogens with one attached hydrogen (secondary N) is 1. The summed E-state index contributed by atoms with van der Waals surface area (Å²) in [5.41, 5.74) is 9.28. The number of aryl methyl sites for hydroxylation is 2. The number of aromatic nitrogens is 5. The van der Waals surface area contributed by atoms with E-state index in [-0.39, 0.29) is 34.4 Å². The molecule has 3 N–H and O–H groups in total. The SMILES string of the molecule is C=C(C)C(=O)Nc1ccc(-c2c(-c3ccc(Oc4nccc(C)n4)c(F)c3)c3c(N)ncnc3n2C)c(F)c1. The van der Waals surface area contributed by atoms with Gasteiger partial charge in [-0.2, -0.15) is 0 Å². The molecule has 0 aliphatic carbocycles. The second-order valence-corrected chi connectivity index (χ2v) is 8.90. The molecule has 39 heavy (non-hydrogen) atoms. The first-order chi connectivity index (χ1) is 18.6. The number of carbonyl (C=O) groups is 1. The molecule has 0 aliphatic heterocycles. The number of nitrogen functional groups attached to an aromatic ring is 1. The van der Waals surface area contributed by atoms with Crippen LogP contribution in [0.4, 0.5) is 20.3 Å². The van der Waals surface area contributed by atoms with E-state index in [1.165, 1.54) is 36.8 Å². The van der Waals surface area contributed by atoms with Crippen LogP contribution in [0, 0.1) is 18.6 Å². The van der Waals surface area contributed by atoms with Crippen LogP contribution in [0.25, 0.3) is 33.4 Å². The van der Waals surface area contributed by atoms with Crippen LogP contribution >= 0.6 is 0 Å². The van der Waals surface area contributed by atoms with Crippen molar-refractivity contribution in [2.75, 3.05) is 11.1 Å². The number of anilines is 2. The van der Waals surface area contributed by atoms with Gasteiger partial charge < -0.3 is 20.4 Å². The van der Waals surface area contributed by atoms with Crippen molar-refractivity contribution in [3.63, 3.8) is 0 Å². The lowest BCUT2D eigenvalue weighted by Crippen LogP contribution is -2.12. The number of ether oxygens (including phenoxy) is 1. The largest absolute Gasteiger partial charge is 0.421 e. The van der Waals surface area contributed by atoms with Gasteiger partial charge in [0.25, 0.3) is 5.91 Å². The van der Waals surface area contributed by atoms with E-state index in [9.17, 15) is 4.79 Å². The number of rotatable bonds is 6. The predicted molar refractivity (Wildman–Crippen MR) is 144 cm³/mol. The molecule has 5 rings (SSSR count). The quantitative estimate of drug-likeness (QED) is 0.277. The lowest BCUT2D eigenvalue weighted by molar-refractivity contribution is -0.112. The standard InChI is InChI=1S/C28H23F2N7O2/c1-14(2)27(38)36-17-6-7-18(19(29)12-17)24-22(23-25(31)33-13-34-26(23)37(24)4)16-5-8-21(20(30)11-16)39-28-32-10-9-15(3)35-28/h5-13H,1H2,2-4H3,(H,36,38)(H2,31,33,34). The van der Waals surface area contributed by atoms with E-state index in [0.717, 1.165) is 0 Å². The molecule has 0 fully saturated rings. The molecule has 3 heterocycles. The summed E-state index contributed by atoms with van der Waals surface area (Å²) in [5, 5.41) is 3.03. The first kappa shape index (κ1) is 25.5. The van der Waals surface area contributed by atoms with Gasteiger partial charge in [-0.3, -0.25) is 4.79 Å². The number of halogens is 2. The zero-order valence-electron chi connectivity index (χ0n) is 21.3. The Kier molecular flexibility index (Phi) is 6.48.